The van der Waals surface area contributed by atoms with Crippen molar-refractivity contribution in [1.82, 2.24) is 5.32 Å². The zero-order chi connectivity index (χ0) is 66.4. The number of rotatable bonds is 68. The number of amides is 1. The van der Waals surface area contributed by atoms with Gasteiger partial charge in [0.1, 0.15) is 24.4 Å². The summed E-state index contributed by atoms with van der Waals surface area (Å²) in [5, 5.41) is 54.9. The topological polar surface area (TPSA) is 149 Å². The summed E-state index contributed by atoms with van der Waals surface area (Å²) in [6, 6.07) is -0.828. The fraction of sp³-hybridized carbons (Fsp3) is 0.771. The van der Waals surface area contributed by atoms with Crippen LogP contribution in [0.3, 0.4) is 0 Å². The van der Waals surface area contributed by atoms with Gasteiger partial charge in [0.25, 0.3) is 0 Å². The maximum absolute atomic E-state index is 13.2. The van der Waals surface area contributed by atoms with Gasteiger partial charge in [-0.25, -0.2) is 0 Å². The molecule has 1 rings (SSSR count). The molecule has 0 spiro atoms. The maximum atomic E-state index is 13.2. The minimum Gasteiger partial charge on any atom is -0.394 e. The van der Waals surface area contributed by atoms with E-state index in [9.17, 15) is 30.3 Å². The largest absolute Gasteiger partial charge is 0.394 e. The first-order valence-corrected chi connectivity index (χ1v) is 39.1. The highest BCUT2D eigenvalue weighted by Gasteiger charge is 2.44. The Balaban J connectivity index is 2.09. The van der Waals surface area contributed by atoms with Crippen molar-refractivity contribution in [1.29, 1.82) is 0 Å². The summed E-state index contributed by atoms with van der Waals surface area (Å²) in [7, 11) is 0. The van der Waals surface area contributed by atoms with Gasteiger partial charge >= 0.3 is 0 Å². The van der Waals surface area contributed by atoms with Crippen LogP contribution in [-0.4, -0.2) is 87.5 Å². The van der Waals surface area contributed by atoms with E-state index in [0.717, 1.165) is 83.5 Å². The van der Waals surface area contributed by atoms with Crippen molar-refractivity contribution in [2.24, 2.45) is 0 Å². The van der Waals surface area contributed by atoms with E-state index in [4.69, 9.17) is 9.47 Å². The average Bonchev–Trinajstić information content (AvgIpc) is 1.00. The molecule has 1 amide bonds. The van der Waals surface area contributed by atoms with Crippen LogP contribution < -0.4 is 5.32 Å². The van der Waals surface area contributed by atoms with Gasteiger partial charge in [-0.2, -0.15) is 0 Å². The van der Waals surface area contributed by atoms with E-state index in [1.807, 2.05) is 6.08 Å². The van der Waals surface area contributed by atoms with E-state index >= 15 is 0 Å². The molecule has 0 aromatic heterocycles. The summed E-state index contributed by atoms with van der Waals surface area (Å²) in [5.74, 6) is -0.183. The van der Waals surface area contributed by atoms with E-state index < -0.39 is 49.5 Å². The highest BCUT2D eigenvalue weighted by molar-refractivity contribution is 5.76. The molecule has 1 fully saturated rings. The molecule has 7 unspecified atom stereocenters. The summed E-state index contributed by atoms with van der Waals surface area (Å²) in [6.07, 6.45) is 98.0. The molecule has 0 aliphatic carbocycles. The first-order valence-electron chi connectivity index (χ1n) is 39.1. The summed E-state index contributed by atoms with van der Waals surface area (Å²) in [4.78, 5) is 13.2. The van der Waals surface area contributed by atoms with Gasteiger partial charge in [0, 0.05) is 6.42 Å². The molecule has 0 bridgehead atoms. The summed E-state index contributed by atoms with van der Waals surface area (Å²) < 4.78 is 11.3. The zero-order valence-electron chi connectivity index (χ0n) is 59.8. The number of nitrogens with one attached hydrogen (secondary N) is 1. The van der Waals surface area contributed by atoms with Crippen molar-refractivity contribution < 1.29 is 39.8 Å². The number of carbonyl (C=O) groups excluding carboxylic acids is 1. The number of hydrogen-bond donors (Lipinski definition) is 6. The molecular weight excluding hydrogens is 1140 g/mol. The Labute approximate surface area is 567 Å². The molecule has 9 nitrogen and oxygen atoms in total. The number of carbonyl (C=O) groups is 1. The normalized spacial score (nSPS) is 18.3. The van der Waals surface area contributed by atoms with Crippen molar-refractivity contribution >= 4 is 5.91 Å². The van der Waals surface area contributed by atoms with Gasteiger partial charge in [-0.05, 0) is 89.9 Å². The Hall–Kier alpha value is -3.15. The van der Waals surface area contributed by atoms with Gasteiger partial charge in [0.15, 0.2) is 6.29 Å². The van der Waals surface area contributed by atoms with Crippen LogP contribution in [0, 0.1) is 0 Å². The average molecular weight is 1290 g/mol. The fourth-order valence-corrected chi connectivity index (χ4v) is 12.0. The second kappa shape index (κ2) is 70.6. The van der Waals surface area contributed by atoms with Crippen LogP contribution in [0.25, 0.3) is 0 Å². The predicted molar refractivity (Wildman–Crippen MR) is 396 cm³/mol. The lowest BCUT2D eigenvalue weighted by molar-refractivity contribution is -0.302. The minimum atomic E-state index is -1.58. The molecule has 0 saturated carbocycles. The summed E-state index contributed by atoms with van der Waals surface area (Å²) >= 11 is 0. The van der Waals surface area contributed by atoms with Crippen molar-refractivity contribution in [3.05, 3.63) is 109 Å². The van der Waals surface area contributed by atoms with Crippen molar-refractivity contribution in [3.63, 3.8) is 0 Å². The van der Waals surface area contributed by atoms with Gasteiger partial charge in [-0.1, -0.05) is 367 Å². The van der Waals surface area contributed by atoms with Gasteiger partial charge < -0.3 is 40.3 Å². The lowest BCUT2D eigenvalue weighted by atomic mass is 9.99. The van der Waals surface area contributed by atoms with Crippen LogP contribution in [0.5, 0.6) is 0 Å². The number of hydrogen-bond acceptors (Lipinski definition) is 8. The molecule has 0 radical (unpaired) electrons. The molecule has 92 heavy (non-hydrogen) atoms. The highest BCUT2D eigenvalue weighted by Crippen LogP contribution is 2.23. The van der Waals surface area contributed by atoms with Gasteiger partial charge in [0.2, 0.25) is 5.91 Å². The molecule has 0 aromatic carbocycles. The van der Waals surface area contributed by atoms with Gasteiger partial charge in [-0.3, -0.25) is 4.79 Å². The highest BCUT2D eigenvalue weighted by atomic mass is 16.7. The Kier molecular flexibility index (Phi) is 66.7. The standard InChI is InChI=1S/C83H147NO8/c1-3-5-7-9-11-13-15-17-19-21-23-25-27-29-31-33-34-35-36-37-38-39-40-41-42-43-44-45-47-49-51-53-55-57-59-61-63-65-67-69-71-73-79(87)84-76(75-91-83-82(90)81(89)80(88)78(74-85)92-83)77(86)72-70-68-66-64-62-60-58-56-54-52-50-48-46-32-30-28-26-24-22-20-18-16-14-12-10-8-6-4-2/h5,7,11,13,17,19,23,25,29,31,34-35,37-38,62,64,70,72,76-78,80-83,85-86,88-90H,3-4,6,8-10,12,14-16,18,20-22,24,26-28,30,32-33,36,39-61,63,65-69,71,73-75H2,1-2H3,(H,84,87)/b7-5-,13-11-,19-17-,25-23-,31-29-,35-34-,38-37-,64-62+,72-70+. The lowest BCUT2D eigenvalue weighted by Crippen LogP contribution is -2.60. The van der Waals surface area contributed by atoms with Crippen LogP contribution in [0.4, 0.5) is 0 Å². The maximum Gasteiger partial charge on any atom is 0.220 e. The van der Waals surface area contributed by atoms with Crippen LogP contribution in [0.2, 0.25) is 0 Å². The molecular formula is C83H147NO8. The monoisotopic (exact) mass is 1290 g/mol. The molecule has 532 valence electrons. The molecule has 1 aliphatic rings. The van der Waals surface area contributed by atoms with Crippen LogP contribution in [0.15, 0.2) is 109 Å². The third-order valence-electron chi connectivity index (χ3n) is 18.1. The number of allylic oxidation sites excluding steroid dienone is 17. The second-order valence-corrected chi connectivity index (χ2v) is 26.8. The van der Waals surface area contributed by atoms with E-state index in [0.29, 0.717) is 6.42 Å². The number of unbranched alkanes of at least 4 members (excludes halogenated alkanes) is 42. The number of aliphatic hydroxyl groups excluding tert-OH is 5. The quantitative estimate of drug-likeness (QED) is 0.0261. The SMILES string of the molecule is CC/C=C\C/C=C\C/C=C\C/C=C\C/C=C\C/C=C\C/C=C\CCCCCCCCCCCCCCCCCCCCCC(=O)NC(COC1OC(CO)C(O)C(O)C1O)C(O)/C=C/CC/C=C/CCCCCCCCCCCCCCCCCCCCCCCC. The van der Waals surface area contributed by atoms with Crippen molar-refractivity contribution in [3.8, 4) is 0 Å². The first-order chi connectivity index (χ1) is 45.3. The smallest absolute Gasteiger partial charge is 0.220 e. The molecule has 7 atom stereocenters. The van der Waals surface area contributed by atoms with E-state index in [-0.39, 0.29) is 12.5 Å². The van der Waals surface area contributed by atoms with Crippen LogP contribution in [0.1, 0.15) is 354 Å². The Bertz CT molecular complexity index is 1830. The first kappa shape index (κ1) is 86.9. The molecule has 1 aliphatic heterocycles. The Morgan fingerprint density at radius 1 is 0.380 bits per heavy atom. The molecule has 1 heterocycles. The van der Waals surface area contributed by atoms with Crippen LogP contribution >= 0.6 is 0 Å². The number of ether oxygens (including phenoxy) is 2. The Morgan fingerprint density at radius 3 is 1.04 bits per heavy atom. The summed E-state index contributed by atoms with van der Waals surface area (Å²) in [5.41, 5.74) is 0. The fourth-order valence-electron chi connectivity index (χ4n) is 12.0. The minimum absolute atomic E-state index is 0.183. The number of aliphatic hydroxyl groups is 5. The van der Waals surface area contributed by atoms with E-state index in [1.165, 1.54) is 250 Å². The van der Waals surface area contributed by atoms with E-state index in [1.54, 1.807) is 6.08 Å². The van der Waals surface area contributed by atoms with Crippen LogP contribution in [-0.2, 0) is 14.3 Å². The molecule has 0 aromatic rings. The third kappa shape index (κ3) is 58.2. The lowest BCUT2D eigenvalue weighted by Gasteiger charge is -2.40. The molecule has 6 N–H and O–H groups in total. The van der Waals surface area contributed by atoms with Crippen molar-refractivity contribution in [2.45, 2.75) is 397 Å². The second-order valence-electron chi connectivity index (χ2n) is 26.8. The van der Waals surface area contributed by atoms with Crippen molar-refractivity contribution in [2.75, 3.05) is 13.2 Å². The Morgan fingerprint density at radius 2 is 0.685 bits per heavy atom. The molecule has 1 saturated heterocycles. The third-order valence-corrected chi connectivity index (χ3v) is 18.1. The predicted octanol–water partition coefficient (Wildman–Crippen LogP) is 22.4. The van der Waals surface area contributed by atoms with E-state index in [2.05, 4.69) is 116 Å². The van der Waals surface area contributed by atoms with Gasteiger partial charge in [0.05, 0.1) is 25.4 Å². The summed E-state index contributed by atoms with van der Waals surface area (Å²) in [6.45, 7) is 3.69. The zero-order valence-corrected chi connectivity index (χ0v) is 59.8. The van der Waals surface area contributed by atoms with Gasteiger partial charge in [-0.15, -0.1) is 0 Å². The molecule has 9 heteroatoms.